The zero-order valence-electron chi connectivity index (χ0n) is 14.2. The number of nitro benzene ring substituents is 1. The molecule has 2 aromatic rings. The third-order valence-corrected chi connectivity index (χ3v) is 3.31. The van der Waals surface area contributed by atoms with Gasteiger partial charge in [-0.3, -0.25) is 24.8 Å². The lowest BCUT2D eigenvalue weighted by Crippen LogP contribution is -2.39. The van der Waals surface area contributed by atoms with E-state index in [1.165, 1.54) is 35.1 Å². The van der Waals surface area contributed by atoms with Crippen LogP contribution in [0.15, 0.2) is 35.3 Å². The van der Waals surface area contributed by atoms with Crippen LogP contribution >= 0.6 is 0 Å². The Morgan fingerprint density at radius 3 is 2.48 bits per heavy atom. The minimum atomic E-state index is -0.965. The van der Waals surface area contributed by atoms with Gasteiger partial charge in [0.1, 0.15) is 11.6 Å². The van der Waals surface area contributed by atoms with Crippen LogP contribution in [0.3, 0.4) is 0 Å². The van der Waals surface area contributed by atoms with Crippen molar-refractivity contribution in [2.45, 2.75) is 38.8 Å². The second kappa shape index (κ2) is 6.89. The molecule has 0 aliphatic carbocycles. The summed E-state index contributed by atoms with van der Waals surface area (Å²) in [5.41, 5.74) is 5.45. The number of benzene rings is 1. The lowest BCUT2D eigenvalue weighted by atomic mass is 10.1. The van der Waals surface area contributed by atoms with Gasteiger partial charge in [-0.05, 0) is 32.9 Å². The smallest absolute Gasteiger partial charge is 0.323 e. The van der Waals surface area contributed by atoms with E-state index in [-0.39, 0.29) is 17.7 Å². The van der Waals surface area contributed by atoms with Gasteiger partial charge in [-0.2, -0.15) is 0 Å². The average Bonchev–Trinajstić information content (AvgIpc) is 2.86. The number of carbonyl (C=O) groups is 1. The third-order valence-electron chi connectivity index (χ3n) is 3.31. The summed E-state index contributed by atoms with van der Waals surface area (Å²) in [4.78, 5) is 34.5. The average molecular weight is 348 g/mol. The highest BCUT2D eigenvalue weighted by atomic mass is 16.6. The van der Waals surface area contributed by atoms with Crippen LogP contribution in [0.25, 0.3) is 5.69 Å². The molecule has 9 nitrogen and oxygen atoms in total. The Kier molecular flexibility index (Phi) is 5.07. The molecule has 2 rings (SSSR count). The van der Waals surface area contributed by atoms with E-state index in [0.29, 0.717) is 11.3 Å². The van der Waals surface area contributed by atoms with Gasteiger partial charge in [0.05, 0.1) is 10.6 Å². The van der Waals surface area contributed by atoms with Crippen LogP contribution in [-0.4, -0.2) is 32.3 Å². The van der Waals surface area contributed by atoms with E-state index in [4.69, 9.17) is 10.5 Å². The van der Waals surface area contributed by atoms with Crippen molar-refractivity contribution in [3.63, 3.8) is 0 Å². The first kappa shape index (κ1) is 18.4. The molecule has 1 aromatic carbocycles. The standard InChI is InChI=1S/C16H20N4O5/c1-16(2,3)25-15(22)13(17)8-10-9-18-19(14(10)21)11-4-6-12(7-5-11)20(23)24/h4-7,9,13,18H,8,17H2,1-3H3/t13-/m0/s1. The zero-order valence-corrected chi connectivity index (χ0v) is 14.2. The highest BCUT2D eigenvalue weighted by Crippen LogP contribution is 2.14. The number of non-ortho nitro benzene ring substituents is 1. The van der Waals surface area contributed by atoms with Crippen LogP contribution in [0.4, 0.5) is 5.69 Å². The zero-order chi connectivity index (χ0) is 18.8. The number of nitrogens with two attached hydrogens (primary N) is 1. The first-order chi connectivity index (χ1) is 11.6. The van der Waals surface area contributed by atoms with Crippen LogP contribution in [-0.2, 0) is 16.0 Å². The summed E-state index contributed by atoms with van der Waals surface area (Å²) in [6, 6.07) is 4.54. The van der Waals surface area contributed by atoms with Crippen molar-refractivity contribution in [2.24, 2.45) is 5.73 Å². The van der Waals surface area contributed by atoms with Gasteiger partial charge in [0.25, 0.3) is 11.2 Å². The maximum absolute atomic E-state index is 12.4. The van der Waals surface area contributed by atoms with Crippen molar-refractivity contribution in [1.29, 1.82) is 0 Å². The number of hydrogen-bond donors (Lipinski definition) is 2. The van der Waals surface area contributed by atoms with Crippen LogP contribution in [0.5, 0.6) is 0 Å². The van der Waals surface area contributed by atoms with E-state index in [1.54, 1.807) is 20.8 Å². The number of nitro groups is 1. The maximum atomic E-state index is 12.4. The molecule has 0 amide bonds. The van der Waals surface area contributed by atoms with Gasteiger partial charge >= 0.3 is 5.97 Å². The summed E-state index contributed by atoms with van der Waals surface area (Å²) in [6.07, 6.45) is 1.47. The summed E-state index contributed by atoms with van der Waals surface area (Å²) < 4.78 is 6.41. The Bertz CT molecular complexity index is 829. The fourth-order valence-corrected chi connectivity index (χ4v) is 2.17. The van der Waals surface area contributed by atoms with Gasteiger partial charge in [0, 0.05) is 30.3 Å². The Morgan fingerprint density at radius 2 is 1.96 bits per heavy atom. The van der Waals surface area contributed by atoms with Crippen molar-refractivity contribution >= 4 is 11.7 Å². The van der Waals surface area contributed by atoms with Crippen molar-refractivity contribution in [3.05, 3.63) is 56.5 Å². The number of ether oxygens (including phenoxy) is 1. The summed E-state index contributed by atoms with van der Waals surface area (Å²) in [5.74, 6) is -0.588. The van der Waals surface area contributed by atoms with E-state index >= 15 is 0 Å². The predicted octanol–water partition coefficient (Wildman–Crippen LogP) is 1.29. The molecular formula is C16H20N4O5. The summed E-state index contributed by atoms with van der Waals surface area (Å²) in [7, 11) is 0. The van der Waals surface area contributed by atoms with Crippen molar-refractivity contribution < 1.29 is 14.5 Å². The minimum absolute atomic E-state index is 0.0181. The van der Waals surface area contributed by atoms with Crippen molar-refractivity contribution in [1.82, 2.24) is 9.78 Å². The van der Waals surface area contributed by atoms with Crippen LogP contribution in [0.2, 0.25) is 0 Å². The van der Waals surface area contributed by atoms with E-state index < -0.39 is 22.5 Å². The number of aromatic nitrogens is 2. The normalized spacial score (nSPS) is 12.6. The summed E-state index contributed by atoms with van der Waals surface area (Å²) in [6.45, 7) is 5.19. The molecule has 0 saturated carbocycles. The fraction of sp³-hybridized carbons (Fsp3) is 0.375. The first-order valence-corrected chi connectivity index (χ1v) is 7.61. The Labute approximate surface area is 143 Å². The quantitative estimate of drug-likeness (QED) is 0.475. The number of rotatable bonds is 5. The highest BCUT2D eigenvalue weighted by Gasteiger charge is 2.24. The molecule has 1 aromatic heterocycles. The Morgan fingerprint density at radius 1 is 1.36 bits per heavy atom. The maximum Gasteiger partial charge on any atom is 0.323 e. The third kappa shape index (κ3) is 4.54. The van der Waals surface area contributed by atoms with Crippen molar-refractivity contribution in [2.75, 3.05) is 0 Å². The molecule has 1 heterocycles. The molecule has 0 aliphatic rings. The van der Waals surface area contributed by atoms with Crippen LogP contribution in [0.1, 0.15) is 26.3 Å². The molecular weight excluding hydrogens is 328 g/mol. The minimum Gasteiger partial charge on any atom is -0.459 e. The van der Waals surface area contributed by atoms with Gasteiger partial charge in [0.2, 0.25) is 0 Å². The van der Waals surface area contributed by atoms with Crippen molar-refractivity contribution in [3.8, 4) is 5.69 Å². The molecule has 0 aliphatic heterocycles. The number of esters is 1. The van der Waals surface area contributed by atoms with E-state index in [0.717, 1.165) is 0 Å². The van der Waals surface area contributed by atoms with Crippen LogP contribution in [0, 0.1) is 10.1 Å². The molecule has 0 spiro atoms. The number of H-pyrrole nitrogens is 1. The predicted molar refractivity (Wildman–Crippen MR) is 90.6 cm³/mol. The summed E-state index contributed by atoms with van der Waals surface area (Å²) in [5, 5.41) is 13.4. The van der Waals surface area contributed by atoms with Gasteiger partial charge in [-0.1, -0.05) is 0 Å². The molecule has 0 saturated heterocycles. The molecule has 0 fully saturated rings. The Balaban J connectivity index is 2.17. The number of carbonyl (C=O) groups excluding carboxylic acids is 1. The monoisotopic (exact) mass is 348 g/mol. The van der Waals surface area contributed by atoms with Gasteiger partial charge in [0.15, 0.2) is 0 Å². The molecule has 134 valence electrons. The molecule has 0 radical (unpaired) electrons. The summed E-state index contributed by atoms with van der Waals surface area (Å²) >= 11 is 0. The van der Waals surface area contributed by atoms with E-state index in [9.17, 15) is 19.7 Å². The first-order valence-electron chi connectivity index (χ1n) is 7.61. The number of nitrogens with zero attached hydrogens (tertiary/aromatic N) is 2. The van der Waals surface area contributed by atoms with Gasteiger partial charge in [-0.15, -0.1) is 0 Å². The van der Waals surface area contributed by atoms with E-state index in [1.807, 2.05) is 0 Å². The van der Waals surface area contributed by atoms with Gasteiger partial charge < -0.3 is 10.5 Å². The number of nitrogens with one attached hydrogen (secondary N) is 1. The lowest BCUT2D eigenvalue weighted by Gasteiger charge is -2.21. The molecule has 0 bridgehead atoms. The fourth-order valence-electron chi connectivity index (χ4n) is 2.17. The SMILES string of the molecule is CC(C)(C)OC(=O)[C@@H](N)Cc1c[nH]n(-c2ccc([N+](=O)[O-])cc2)c1=O. The van der Waals surface area contributed by atoms with E-state index in [2.05, 4.69) is 5.10 Å². The molecule has 0 unspecified atom stereocenters. The molecule has 1 atom stereocenters. The topological polar surface area (TPSA) is 133 Å². The highest BCUT2D eigenvalue weighted by molar-refractivity contribution is 5.76. The molecule has 9 heteroatoms. The second-order valence-electron chi connectivity index (χ2n) is 6.56. The number of aromatic amines is 1. The molecule has 3 N–H and O–H groups in total. The number of hydrogen-bond acceptors (Lipinski definition) is 6. The van der Waals surface area contributed by atoms with Crippen LogP contribution < -0.4 is 11.3 Å². The Hall–Kier alpha value is -2.94. The van der Waals surface area contributed by atoms with Gasteiger partial charge in [-0.25, -0.2) is 4.68 Å². The largest absolute Gasteiger partial charge is 0.459 e. The molecule has 25 heavy (non-hydrogen) atoms. The second-order valence-corrected chi connectivity index (χ2v) is 6.56. The lowest BCUT2D eigenvalue weighted by molar-refractivity contribution is -0.384.